The molecule has 4 rings (SSSR count). The van der Waals surface area contributed by atoms with Crippen LogP contribution in [0, 0.1) is 20.8 Å². The SMILES string of the molecule is Cc1cc(C)c(S(=O)(=O)Nc2ccc(-c3nc4ccccc4s3)cc2)c(C)c1. The van der Waals surface area contributed by atoms with Gasteiger partial charge in [-0.25, -0.2) is 13.4 Å². The molecular weight excluding hydrogens is 388 g/mol. The molecule has 4 nitrogen and oxygen atoms in total. The first kappa shape index (κ1) is 18.7. The number of sulfonamides is 1. The Hall–Kier alpha value is -2.70. The molecule has 1 aromatic heterocycles. The fraction of sp³-hybridized carbons (Fsp3) is 0.136. The maximum Gasteiger partial charge on any atom is 0.262 e. The molecule has 3 aromatic carbocycles. The van der Waals surface area contributed by atoms with Gasteiger partial charge in [0.05, 0.1) is 15.1 Å². The van der Waals surface area contributed by atoms with E-state index in [0.29, 0.717) is 10.6 Å². The summed E-state index contributed by atoms with van der Waals surface area (Å²) in [7, 11) is -3.65. The summed E-state index contributed by atoms with van der Waals surface area (Å²) in [5, 5.41) is 0.917. The van der Waals surface area contributed by atoms with Crippen LogP contribution in [0.5, 0.6) is 0 Å². The van der Waals surface area contributed by atoms with Crippen molar-refractivity contribution in [3.05, 3.63) is 77.4 Å². The Balaban J connectivity index is 1.62. The van der Waals surface area contributed by atoms with Gasteiger partial charge in [0.25, 0.3) is 10.0 Å². The molecule has 0 amide bonds. The Morgan fingerprint density at radius 1 is 0.893 bits per heavy atom. The Bertz CT molecular complexity index is 1220. The second-order valence-corrected chi connectivity index (χ2v) is 9.55. The zero-order valence-corrected chi connectivity index (χ0v) is 17.5. The third kappa shape index (κ3) is 3.53. The number of para-hydroxylation sites is 1. The lowest BCUT2D eigenvalue weighted by Crippen LogP contribution is -2.15. The molecule has 0 fully saturated rings. The second kappa shape index (κ2) is 7.04. The highest BCUT2D eigenvalue weighted by Gasteiger charge is 2.20. The summed E-state index contributed by atoms with van der Waals surface area (Å²) in [5.41, 5.74) is 5.01. The number of aryl methyl sites for hydroxylation is 3. The smallest absolute Gasteiger partial charge is 0.262 e. The van der Waals surface area contributed by atoms with Gasteiger partial charge in [-0.3, -0.25) is 4.72 Å². The van der Waals surface area contributed by atoms with Crippen molar-refractivity contribution in [1.82, 2.24) is 4.98 Å². The van der Waals surface area contributed by atoms with Crippen LogP contribution in [0.2, 0.25) is 0 Å². The van der Waals surface area contributed by atoms with E-state index in [1.165, 1.54) is 0 Å². The second-order valence-electron chi connectivity index (χ2n) is 6.90. The van der Waals surface area contributed by atoms with Crippen LogP contribution in [0.4, 0.5) is 5.69 Å². The number of nitrogens with zero attached hydrogens (tertiary/aromatic N) is 1. The molecule has 0 bridgehead atoms. The predicted molar refractivity (Wildman–Crippen MR) is 117 cm³/mol. The average molecular weight is 409 g/mol. The van der Waals surface area contributed by atoms with Gasteiger partial charge in [-0.2, -0.15) is 0 Å². The summed E-state index contributed by atoms with van der Waals surface area (Å²) in [4.78, 5) is 4.99. The summed E-state index contributed by atoms with van der Waals surface area (Å²) in [6.45, 7) is 5.61. The van der Waals surface area contributed by atoms with Gasteiger partial charge < -0.3 is 0 Å². The maximum absolute atomic E-state index is 12.9. The first-order chi connectivity index (χ1) is 13.3. The lowest BCUT2D eigenvalue weighted by atomic mass is 10.1. The molecule has 0 aliphatic rings. The van der Waals surface area contributed by atoms with Crippen LogP contribution in [0.15, 0.2) is 65.6 Å². The van der Waals surface area contributed by atoms with Crippen LogP contribution < -0.4 is 4.72 Å². The average Bonchev–Trinajstić information content (AvgIpc) is 3.05. The van der Waals surface area contributed by atoms with E-state index in [-0.39, 0.29) is 0 Å². The number of aromatic nitrogens is 1. The zero-order chi connectivity index (χ0) is 19.9. The Morgan fingerprint density at radius 3 is 2.18 bits per heavy atom. The quantitative estimate of drug-likeness (QED) is 0.472. The fourth-order valence-electron chi connectivity index (χ4n) is 3.47. The molecule has 4 aromatic rings. The number of hydrogen-bond acceptors (Lipinski definition) is 4. The highest BCUT2D eigenvalue weighted by Crippen LogP contribution is 2.31. The summed E-state index contributed by atoms with van der Waals surface area (Å²) < 4.78 is 29.6. The summed E-state index contributed by atoms with van der Waals surface area (Å²) in [6.07, 6.45) is 0. The van der Waals surface area contributed by atoms with Gasteiger partial charge in [-0.1, -0.05) is 29.8 Å². The summed E-state index contributed by atoms with van der Waals surface area (Å²) in [5.74, 6) is 0. The van der Waals surface area contributed by atoms with Crippen molar-refractivity contribution in [3.8, 4) is 10.6 Å². The highest BCUT2D eigenvalue weighted by atomic mass is 32.2. The van der Waals surface area contributed by atoms with E-state index in [0.717, 1.165) is 37.5 Å². The topological polar surface area (TPSA) is 59.1 Å². The minimum Gasteiger partial charge on any atom is -0.280 e. The standard InChI is InChI=1S/C22H20N2O2S2/c1-14-12-15(2)21(16(3)13-14)28(25,26)24-18-10-8-17(9-11-18)22-23-19-6-4-5-7-20(19)27-22/h4-13,24H,1-3H3. The summed E-state index contributed by atoms with van der Waals surface area (Å²) >= 11 is 1.62. The number of fused-ring (bicyclic) bond motifs is 1. The Kier molecular flexibility index (Phi) is 4.69. The molecule has 6 heteroatoms. The monoisotopic (exact) mass is 408 g/mol. The van der Waals surface area contributed by atoms with Crippen LogP contribution in [0.3, 0.4) is 0 Å². The first-order valence-corrected chi connectivity index (χ1v) is 11.2. The summed E-state index contributed by atoms with van der Waals surface area (Å²) in [6, 6.07) is 19.1. The van der Waals surface area contributed by atoms with E-state index < -0.39 is 10.0 Å². The fourth-order valence-corrected chi connectivity index (χ4v) is 5.96. The Labute approximate surface area is 168 Å². The zero-order valence-electron chi connectivity index (χ0n) is 15.9. The van der Waals surface area contributed by atoms with Crippen molar-refractivity contribution in [2.75, 3.05) is 4.72 Å². The molecule has 1 N–H and O–H groups in total. The predicted octanol–water partition coefficient (Wildman–Crippen LogP) is 5.69. The normalized spacial score (nSPS) is 11.7. The van der Waals surface area contributed by atoms with Crippen LogP contribution in [0.1, 0.15) is 16.7 Å². The van der Waals surface area contributed by atoms with E-state index >= 15 is 0 Å². The van der Waals surface area contributed by atoms with Gasteiger partial charge in [-0.05, 0) is 68.3 Å². The molecule has 0 spiro atoms. The van der Waals surface area contributed by atoms with Crippen molar-refractivity contribution in [2.45, 2.75) is 25.7 Å². The van der Waals surface area contributed by atoms with Crippen molar-refractivity contribution >= 4 is 37.3 Å². The number of benzene rings is 3. The molecule has 0 unspecified atom stereocenters. The van der Waals surface area contributed by atoms with Gasteiger partial charge >= 0.3 is 0 Å². The van der Waals surface area contributed by atoms with Crippen molar-refractivity contribution in [3.63, 3.8) is 0 Å². The number of thiazole rings is 1. The Morgan fingerprint density at radius 2 is 1.54 bits per heavy atom. The molecule has 0 aliphatic carbocycles. The third-order valence-electron chi connectivity index (χ3n) is 4.55. The third-order valence-corrected chi connectivity index (χ3v) is 7.32. The van der Waals surface area contributed by atoms with Crippen LogP contribution in [-0.2, 0) is 10.0 Å². The molecule has 0 saturated carbocycles. The van der Waals surface area contributed by atoms with Gasteiger partial charge in [0, 0.05) is 11.3 Å². The number of rotatable bonds is 4. The number of hydrogen-bond donors (Lipinski definition) is 1. The van der Waals surface area contributed by atoms with E-state index in [1.54, 1.807) is 23.5 Å². The lowest BCUT2D eigenvalue weighted by molar-refractivity contribution is 0.600. The van der Waals surface area contributed by atoms with Gasteiger partial charge in [0.2, 0.25) is 0 Å². The number of nitrogens with one attached hydrogen (secondary N) is 1. The molecule has 0 aliphatic heterocycles. The van der Waals surface area contributed by atoms with E-state index in [9.17, 15) is 8.42 Å². The largest absolute Gasteiger partial charge is 0.280 e. The molecule has 0 radical (unpaired) electrons. The highest BCUT2D eigenvalue weighted by molar-refractivity contribution is 7.92. The lowest BCUT2D eigenvalue weighted by Gasteiger charge is -2.14. The molecule has 28 heavy (non-hydrogen) atoms. The number of anilines is 1. The van der Waals surface area contributed by atoms with Crippen molar-refractivity contribution < 1.29 is 8.42 Å². The minimum atomic E-state index is -3.65. The van der Waals surface area contributed by atoms with Crippen molar-refractivity contribution in [1.29, 1.82) is 0 Å². The van der Waals surface area contributed by atoms with E-state index in [1.807, 2.05) is 69.3 Å². The van der Waals surface area contributed by atoms with Crippen LogP contribution in [-0.4, -0.2) is 13.4 Å². The van der Waals surface area contributed by atoms with Gasteiger partial charge in [0.15, 0.2) is 0 Å². The van der Waals surface area contributed by atoms with Crippen LogP contribution >= 0.6 is 11.3 Å². The molecule has 142 valence electrons. The first-order valence-electron chi connectivity index (χ1n) is 8.90. The van der Waals surface area contributed by atoms with Gasteiger partial charge in [0.1, 0.15) is 5.01 Å². The maximum atomic E-state index is 12.9. The molecule has 0 saturated heterocycles. The van der Waals surface area contributed by atoms with Crippen LogP contribution in [0.25, 0.3) is 20.8 Å². The van der Waals surface area contributed by atoms with E-state index in [2.05, 4.69) is 9.71 Å². The van der Waals surface area contributed by atoms with Crippen molar-refractivity contribution in [2.24, 2.45) is 0 Å². The minimum absolute atomic E-state index is 0.341. The van der Waals surface area contributed by atoms with Gasteiger partial charge in [-0.15, -0.1) is 11.3 Å². The molecular formula is C22H20N2O2S2. The molecule has 0 atom stereocenters. The molecule has 1 heterocycles. The van der Waals surface area contributed by atoms with E-state index in [4.69, 9.17) is 0 Å².